The van der Waals surface area contributed by atoms with E-state index in [0.29, 0.717) is 5.92 Å². The molecule has 0 saturated heterocycles. The Kier molecular flexibility index (Phi) is 4.19. The zero-order valence-corrected chi connectivity index (χ0v) is 11.6. The summed E-state index contributed by atoms with van der Waals surface area (Å²) in [5.74, 6) is 0.566. The third kappa shape index (κ3) is 2.81. The third-order valence-corrected chi connectivity index (χ3v) is 3.39. The van der Waals surface area contributed by atoms with E-state index in [1.54, 1.807) is 0 Å². The molecule has 0 unspecified atom stereocenters. The number of aryl methyl sites for hydroxylation is 1. The van der Waals surface area contributed by atoms with Crippen molar-refractivity contribution in [2.45, 2.75) is 39.5 Å². The first-order chi connectivity index (χ1) is 8.72. The second-order valence-electron chi connectivity index (χ2n) is 5.19. The lowest BCUT2D eigenvalue weighted by atomic mass is 9.92. The van der Waals surface area contributed by atoms with E-state index in [9.17, 15) is 0 Å². The van der Waals surface area contributed by atoms with Crippen LogP contribution in [0, 0.1) is 0 Å². The van der Waals surface area contributed by atoms with Gasteiger partial charge in [-0.1, -0.05) is 75.7 Å². The smallest absolute Gasteiger partial charge is 0.0149 e. The van der Waals surface area contributed by atoms with Gasteiger partial charge in [-0.05, 0) is 34.6 Å². The lowest BCUT2D eigenvalue weighted by Gasteiger charge is -2.13. The van der Waals surface area contributed by atoms with Crippen molar-refractivity contribution in [2.75, 3.05) is 0 Å². The second kappa shape index (κ2) is 5.86. The predicted molar refractivity (Wildman–Crippen MR) is 80.0 cm³/mol. The molecule has 0 amide bonds. The highest BCUT2D eigenvalue weighted by Gasteiger charge is 2.07. The van der Waals surface area contributed by atoms with Crippen LogP contribution >= 0.6 is 0 Å². The Morgan fingerprint density at radius 3 is 2.17 bits per heavy atom. The lowest BCUT2D eigenvalue weighted by Crippen LogP contribution is -1.92. The van der Waals surface area contributed by atoms with E-state index in [1.807, 2.05) is 0 Å². The van der Waals surface area contributed by atoms with Gasteiger partial charge >= 0.3 is 0 Å². The van der Waals surface area contributed by atoms with Crippen molar-refractivity contribution in [3.63, 3.8) is 0 Å². The molecule has 0 heterocycles. The predicted octanol–water partition coefficient (Wildman–Crippen LogP) is 5.43. The second-order valence-corrected chi connectivity index (χ2v) is 5.19. The summed E-state index contributed by atoms with van der Waals surface area (Å²) in [6, 6.07) is 17.7. The molecule has 0 nitrogen and oxygen atoms in total. The molecule has 0 aliphatic carbocycles. The summed E-state index contributed by atoms with van der Waals surface area (Å²) in [5.41, 5.74) is 5.57. The molecule has 18 heavy (non-hydrogen) atoms. The van der Waals surface area contributed by atoms with Gasteiger partial charge in [0, 0.05) is 0 Å². The normalized spacial score (nSPS) is 10.9. The summed E-state index contributed by atoms with van der Waals surface area (Å²) in [4.78, 5) is 0. The summed E-state index contributed by atoms with van der Waals surface area (Å²) in [7, 11) is 0. The molecule has 0 N–H and O–H groups in total. The lowest BCUT2D eigenvalue weighted by molar-refractivity contribution is 0.869. The number of rotatable bonds is 4. The van der Waals surface area contributed by atoms with E-state index >= 15 is 0 Å². The Morgan fingerprint density at radius 2 is 1.56 bits per heavy atom. The van der Waals surface area contributed by atoms with E-state index in [2.05, 4.69) is 69.3 Å². The van der Waals surface area contributed by atoms with Crippen molar-refractivity contribution in [3.05, 3.63) is 59.7 Å². The molecule has 2 aromatic rings. The molecule has 0 radical (unpaired) electrons. The summed E-state index contributed by atoms with van der Waals surface area (Å²) in [6.45, 7) is 6.73. The van der Waals surface area contributed by atoms with Crippen molar-refractivity contribution in [3.8, 4) is 11.1 Å². The topological polar surface area (TPSA) is 0 Å². The van der Waals surface area contributed by atoms with Gasteiger partial charge in [0.2, 0.25) is 0 Å². The zero-order chi connectivity index (χ0) is 13.0. The van der Waals surface area contributed by atoms with Crippen LogP contribution in [0.1, 0.15) is 44.2 Å². The van der Waals surface area contributed by atoms with Crippen molar-refractivity contribution < 1.29 is 0 Å². The highest BCUT2D eigenvalue weighted by molar-refractivity contribution is 5.68. The van der Waals surface area contributed by atoms with Gasteiger partial charge in [0.15, 0.2) is 0 Å². The van der Waals surface area contributed by atoms with Crippen LogP contribution in [0.3, 0.4) is 0 Å². The number of hydrogen-bond acceptors (Lipinski definition) is 0. The minimum atomic E-state index is 0.566. The van der Waals surface area contributed by atoms with Gasteiger partial charge in [0.1, 0.15) is 0 Å². The van der Waals surface area contributed by atoms with Crippen LogP contribution < -0.4 is 0 Å². The van der Waals surface area contributed by atoms with Gasteiger partial charge in [0.05, 0.1) is 0 Å². The molecule has 0 spiro atoms. The number of hydrogen-bond donors (Lipinski definition) is 0. The molecule has 94 valence electrons. The first kappa shape index (κ1) is 12.9. The molecular weight excluding hydrogens is 216 g/mol. The summed E-state index contributed by atoms with van der Waals surface area (Å²) in [5, 5.41) is 0. The summed E-state index contributed by atoms with van der Waals surface area (Å²) >= 11 is 0. The Morgan fingerprint density at radius 1 is 0.889 bits per heavy atom. The molecule has 0 aliphatic rings. The average Bonchev–Trinajstić information content (AvgIpc) is 2.40. The van der Waals surface area contributed by atoms with E-state index in [-0.39, 0.29) is 0 Å². The van der Waals surface area contributed by atoms with Crippen molar-refractivity contribution in [1.29, 1.82) is 0 Å². The van der Waals surface area contributed by atoms with E-state index < -0.39 is 0 Å². The highest BCUT2D eigenvalue weighted by Crippen LogP contribution is 2.29. The first-order valence-electron chi connectivity index (χ1n) is 6.90. The van der Waals surface area contributed by atoms with Gasteiger partial charge in [-0.2, -0.15) is 0 Å². The van der Waals surface area contributed by atoms with Gasteiger partial charge in [-0.15, -0.1) is 0 Å². The van der Waals surface area contributed by atoms with Crippen molar-refractivity contribution in [2.24, 2.45) is 0 Å². The fraction of sp³-hybridized carbons (Fsp3) is 0.333. The van der Waals surface area contributed by atoms with Crippen LogP contribution in [-0.4, -0.2) is 0 Å². The fourth-order valence-corrected chi connectivity index (χ4v) is 2.40. The minimum absolute atomic E-state index is 0.566. The Bertz CT molecular complexity index is 492. The standard InChI is InChI=1S/C18H22/c1-4-7-15-10-12-16(13-11-15)18-9-6-5-8-17(18)14(2)3/h5-6,8-14H,4,7H2,1-3H3. The van der Waals surface area contributed by atoms with Gasteiger partial charge in [-0.25, -0.2) is 0 Å². The molecule has 0 aromatic heterocycles. The Balaban J connectivity index is 2.36. The number of benzene rings is 2. The van der Waals surface area contributed by atoms with E-state index in [0.717, 1.165) is 0 Å². The van der Waals surface area contributed by atoms with Gasteiger partial charge in [-0.3, -0.25) is 0 Å². The largest absolute Gasteiger partial charge is 0.0651 e. The first-order valence-corrected chi connectivity index (χ1v) is 6.90. The average molecular weight is 238 g/mol. The molecule has 2 rings (SSSR count). The third-order valence-electron chi connectivity index (χ3n) is 3.39. The van der Waals surface area contributed by atoms with Crippen LogP contribution in [0.4, 0.5) is 0 Å². The summed E-state index contributed by atoms with van der Waals surface area (Å²) < 4.78 is 0. The Hall–Kier alpha value is -1.56. The molecule has 0 aliphatic heterocycles. The van der Waals surface area contributed by atoms with Crippen LogP contribution in [0.15, 0.2) is 48.5 Å². The van der Waals surface area contributed by atoms with Crippen LogP contribution in [0.5, 0.6) is 0 Å². The molecule has 0 bridgehead atoms. The van der Waals surface area contributed by atoms with Crippen LogP contribution in [0.25, 0.3) is 11.1 Å². The minimum Gasteiger partial charge on any atom is -0.0651 e. The maximum atomic E-state index is 2.26. The molecule has 0 atom stereocenters. The molecule has 0 heteroatoms. The van der Waals surface area contributed by atoms with Crippen LogP contribution in [0.2, 0.25) is 0 Å². The monoisotopic (exact) mass is 238 g/mol. The SMILES string of the molecule is CCCc1ccc(-c2ccccc2C(C)C)cc1. The molecular formula is C18H22. The quantitative estimate of drug-likeness (QED) is 0.666. The van der Waals surface area contributed by atoms with E-state index in [4.69, 9.17) is 0 Å². The summed E-state index contributed by atoms with van der Waals surface area (Å²) in [6.07, 6.45) is 2.38. The maximum Gasteiger partial charge on any atom is -0.0149 e. The maximum absolute atomic E-state index is 2.26. The molecule has 0 fully saturated rings. The molecule has 2 aromatic carbocycles. The van der Waals surface area contributed by atoms with Crippen molar-refractivity contribution in [1.82, 2.24) is 0 Å². The van der Waals surface area contributed by atoms with E-state index in [1.165, 1.54) is 35.1 Å². The fourth-order valence-electron chi connectivity index (χ4n) is 2.40. The van der Waals surface area contributed by atoms with Gasteiger partial charge < -0.3 is 0 Å². The van der Waals surface area contributed by atoms with Crippen molar-refractivity contribution >= 4 is 0 Å². The highest BCUT2D eigenvalue weighted by atomic mass is 14.1. The zero-order valence-electron chi connectivity index (χ0n) is 11.6. The van der Waals surface area contributed by atoms with Gasteiger partial charge in [0.25, 0.3) is 0 Å². The van der Waals surface area contributed by atoms with Crippen LogP contribution in [-0.2, 0) is 6.42 Å². The molecule has 0 saturated carbocycles. The Labute approximate surface area is 111 Å².